The van der Waals surface area contributed by atoms with Gasteiger partial charge in [0, 0.05) is 17.8 Å². The number of aromatic nitrogens is 1. The maximum atomic E-state index is 13.6. The standard InChI is InChI=1S/C18H13Cl2F3N4O/c19-13-5-9(1-2-10(13)8-24)12-7-14(27-16(12)18(21,22)23)17(28)26-11-3-4-25-15(20)6-11/h1-6,12,14,16,27H,7H2,(H,25,26,28). The van der Waals surface area contributed by atoms with Gasteiger partial charge < -0.3 is 5.32 Å². The highest BCUT2D eigenvalue weighted by Gasteiger charge is 2.52. The minimum atomic E-state index is -4.57. The highest BCUT2D eigenvalue weighted by molar-refractivity contribution is 6.31. The van der Waals surface area contributed by atoms with E-state index < -0.39 is 30.1 Å². The van der Waals surface area contributed by atoms with Gasteiger partial charge in [0.1, 0.15) is 17.3 Å². The first kappa shape index (κ1) is 20.4. The van der Waals surface area contributed by atoms with Crippen molar-refractivity contribution in [3.8, 4) is 6.07 Å². The summed E-state index contributed by atoms with van der Waals surface area (Å²) in [7, 11) is 0. The second kappa shape index (κ2) is 7.95. The first-order valence-corrected chi connectivity index (χ1v) is 8.89. The Morgan fingerprint density at radius 2 is 2.04 bits per heavy atom. The molecule has 28 heavy (non-hydrogen) atoms. The van der Waals surface area contributed by atoms with Crippen molar-refractivity contribution in [2.75, 3.05) is 5.32 Å². The van der Waals surface area contributed by atoms with Crippen LogP contribution in [0.15, 0.2) is 36.5 Å². The van der Waals surface area contributed by atoms with Gasteiger partial charge in [-0.05, 0) is 36.2 Å². The zero-order chi connectivity index (χ0) is 20.5. The molecule has 1 saturated heterocycles. The SMILES string of the molecule is N#Cc1ccc(C2CC(C(=O)Nc3ccnc(Cl)c3)NC2C(F)(F)F)cc1Cl. The number of carbonyl (C=O) groups is 1. The van der Waals surface area contributed by atoms with E-state index in [2.05, 4.69) is 15.6 Å². The van der Waals surface area contributed by atoms with Crippen molar-refractivity contribution in [2.45, 2.75) is 30.6 Å². The lowest BCUT2D eigenvalue weighted by atomic mass is 9.89. The van der Waals surface area contributed by atoms with Crippen LogP contribution in [0.2, 0.25) is 10.2 Å². The maximum Gasteiger partial charge on any atom is 0.404 e. The number of nitriles is 1. The summed E-state index contributed by atoms with van der Waals surface area (Å²) in [5.74, 6) is -1.64. The summed E-state index contributed by atoms with van der Waals surface area (Å²) < 4.78 is 40.7. The van der Waals surface area contributed by atoms with Gasteiger partial charge in [-0.25, -0.2) is 4.98 Å². The number of alkyl halides is 3. The molecule has 3 atom stereocenters. The summed E-state index contributed by atoms with van der Waals surface area (Å²) in [4.78, 5) is 16.2. The smallest absolute Gasteiger partial charge is 0.325 e. The molecule has 0 saturated carbocycles. The summed E-state index contributed by atoms with van der Waals surface area (Å²) in [5, 5.41) is 14.1. The summed E-state index contributed by atoms with van der Waals surface area (Å²) in [5.41, 5.74) is 0.810. The molecular weight excluding hydrogens is 416 g/mol. The zero-order valence-electron chi connectivity index (χ0n) is 14.1. The van der Waals surface area contributed by atoms with Crippen LogP contribution in [0.4, 0.5) is 18.9 Å². The molecule has 2 aromatic rings. The minimum absolute atomic E-state index is 0.0697. The predicted octanol–water partition coefficient (Wildman–Crippen LogP) is 4.28. The van der Waals surface area contributed by atoms with E-state index in [0.29, 0.717) is 11.3 Å². The molecule has 0 radical (unpaired) electrons. The molecule has 1 aromatic heterocycles. The van der Waals surface area contributed by atoms with Crippen molar-refractivity contribution in [3.63, 3.8) is 0 Å². The Hall–Kier alpha value is -2.34. The van der Waals surface area contributed by atoms with Crippen molar-refractivity contribution in [2.24, 2.45) is 0 Å². The number of benzene rings is 1. The molecule has 0 aliphatic carbocycles. The monoisotopic (exact) mass is 428 g/mol. The van der Waals surface area contributed by atoms with Crippen molar-refractivity contribution < 1.29 is 18.0 Å². The second-order valence-corrected chi connectivity index (χ2v) is 7.08. The van der Waals surface area contributed by atoms with Crippen LogP contribution in [0.5, 0.6) is 0 Å². The number of hydrogen-bond donors (Lipinski definition) is 2. The first-order valence-electron chi connectivity index (χ1n) is 8.14. The summed E-state index contributed by atoms with van der Waals surface area (Å²) in [6.45, 7) is 0. The Morgan fingerprint density at radius 3 is 2.64 bits per heavy atom. The number of anilines is 1. The van der Waals surface area contributed by atoms with Crippen molar-refractivity contribution in [1.82, 2.24) is 10.3 Å². The number of nitrogens with zero attached hydrogens (tertiary/aromatic N) is 2. The van der Waals surface area contributed by atoms with Crippen LogP contribution in [-0.4, -0.2) is 29.2 Å². The molecule has 1 aromatic carbocycles. The van der Waals surface area contributed by atoms with Crippen LogP contribution in [0, 0.1) is 11.3 Å². The average Bonchev–Trinajstić information content (AvgIpc) is 3.07. The fraction of sp³-hybridized carbons (Fsp3) is 0.278. The highest BCUT2D eigenvalue weighted by Crippen LogP contribution is 2.40. The van der Waals surface area contributed by atoms with Crippen LogP contribution in [0.25, 0.3) is 0 Å². The van der Waals surface area contributed by atoms with E-state index >= 15 is 0 Å². The van der Waals surface area contributed by atoms with Gasteiger partial charge in [0.15, 0.2) is 0 Å². The Bertz CT molecular complexity index is 945. The molecule has 2 N–H and O–H groups in total. The molecule has 5 nitrogen and oxygen atoms in total. The molecule has 3 unspecified atom stereocenters. The van der Waals surface area contributed by atoms with Crippen molar-refractivity contribution >= 4 is 34.8 Å². The molecule has 0 bridgehead atoms. The molecule has 146 valence electrons. The number of halogens is 5. The van der Waals surface area contributed by atoms with Crippen LogP contribution < -0.4 is 10.6 Å². The third kappa shape index (κ3) is 4.38. The summed E-state index contributed by atoms with van der Waals surface area (Å²) in [6, 6.07) is 5.89. The molecule has 1 amide bonds. The van der Waals surface area contributed by atoms with Gasteiger partial charge in [-0.15, -0.1) is 0 Å². The van der Waals surface area contributed by atoms with Gasteiger partial charge in [0.05, 0.1) is 16.6 Å². The number of pyridine rings is 1. The van der Waals surface area contributed by atoms with E-state index in [-0.39, 0.29) is 22.2 Å². The van der Waals surface area contributed by atoms with Gasteiger partial charge in [0.2, 0.25) is 5.91 Å². The fourth-order valence-electron chi connectivity index (χ4n) is 3.19. The van der Waals surface area contributed by atoms with E-state index in [0.717, 1.165) is 0 Å². The first-order chi connectivity index (χ1) is 13.2. The second-order valence-electron chi connectivity index (χ2n) is 6.29. The summed E-state index contributed by atoms with van der Waals surface area (Å²) >= 11 is 11.7. The topological polar surface area (TPSA) is 77.8 Å². The average molecular weight is 429 g/mol. The number of amides is 1. The molecule has 0 spiro atoms. The Kier molecular flexibility index (Phi) is 5.79. The van der Waals surface area contributed by atoms with E-state index in [1.807, 2.05) is 6.07 Å². The fourth-order valence-corrected chi connectivity index (χ4v) is 3.59. The van der Waals surface area contributed by atoms with Crippen LogP contribution in [0.3, 0.4) is 0 Å². The number of rotatable bonds is 3. The number of hydrogen-bond acceptors (Lipinski definition) is 4. The van der Waals surface area contributed by atoms with Crippen LogP contribution in [0.1, 0.15) is 23.5 Å². The molecule has 1 aliphatic rings. The highest BCUT2D eigenvalue weighted by atomic mass is 35.5. The molecular formula is C18H13Cl2F3N4O. The third-order valence-electron chi connectivity index (χ3n) is 4.48. The number of carbonyl (C=O) groups excluding carboxylic acids is 1. The van der Waals surface area contributed by atoms with Gasteiger partial charge in [0.25, 0.3) is 0 Å². The molecule has 2 heterocycles. The largest absolute Gasteiger partial charge is 0.404 e. The molecule has 1 fully saturated rings. The zero-order valence-corrected chi connectivity index (χ0v) is 15.6. The van der Waals surface area contributed by atoms with Crippen LogP contribution >= 0.6 is 23.2 Å². The Morgan fingerprint density at radius 1 is 1.29 bits per heavy atom. The molecule has 1 aliphatic heterocycles. The van der Waals surface area contributed by atoms with E-state index in [1.54, 1.807) is 0 Å². The predicted molar refractivity (Wildman–Crippen MR) is 98.2 cm³/mol. The van der Waals surface area contributed by atoms with Crippen LogP contribution in [-0.2, 0) is 4.79 Å². The Labute approximate surface area is 168 Å². The van der Waals surface area contributed by atoms with E-state index in [9.17, 15) is 18.0 Å². The maximum absolute atomic E-state index is 13.6. The van der Waals surface area contributed by atoms with Gasteiger partial charge in [-0.3, -0.25) is 10.1 Å². The van der Waals surface area contributed by atoms with Gasteiger partial charge in [-0.2, -0.15) is 18.4 Å². The van der Waals surface area contributed by atoms with Crippen molar-refractivity contribution in [1.29, 1.82) is 5.26 Å². The lowest BCUT2D eigenvalue weighted by Gasteiger charge is -2.22. The number of nitrogens with one attached hydrogen (secondary N) is 2. The van der Waals surface area contributed by atoms with E-state index in [4.69, 9.17) is 28.5 Å². The minimum Gasteiger partial charge on any atom is -0.325 e. The van der Waals surface area contributed by atoms with Crippen molar-refractivity contribution in [3.05, 3.63) is 57.8 Å². The molecule has 10 heteroatoms. The Balaban J connectivity index is 1.84. The van der Waals surface area contributed by atoms with Gasteiger partial charge in [-0.1, -0.05) is 29.3 Å². The van der Waals surface area contributed by atoms with E-state index in [1.165, 1.54) is 36.5 Å². The normalized spacial score (nSPS) is 21.9. The molecule has 3 rings (SSSR count). The summed E-state index contributed by atoms with van der Waals surface area (Å²) in [6.07, 6.45) is -3.28. The van der Waals surface area contributed by atoms with Gasteiger partial charge >= 0.3 is 6.18 Å². The lowest BCUT2D eigenvalue weighted by Crippen LogP contribution is -2.46. The lowest BCUT2D eigenvalue weighted by molar-refractivity contribution is -0.156. The quantitative estimate of drug-likeness (QED) is 0.715. The third-order valence-corrected chi connectivity index (χ3v) is 5.00.